The van der Waals surface area contributed by atoms with E-state index < -0.39 is 0 Å². The Morgan fingerprint density at radius 1 is 1.23 bits per heavy atom. The number of carbonyl (C=O) groups is 1. The van der Waals surface area contributed by atoms with Crippen LogP contribution >= 0.6 is 0 Å². The number of allylic oxidation sites excluding steroid dienone is 2. The molecule has 2 fully saturated rings. The molecule has 0 heterocycles. The molecule has 0 aromatic carbocycles. The number of carbonyl (C=O) groups excluding carboxylic acids is 1. The van der Waals surface area contributed by atoms with E-state index in [1.165, 1.54) is 18.4 Å². The van der Waals surface area contributed by atoms with E-state index in [2.05, 4.69) is 54.5 Å². The van der Waals surface area contributed by atoms with Gasteiger partial charge in [-0.15, -0.1) is 0 Å². The molecule has 2 aliphatic rings. The average Bonchev–Trinajstić information content (AvgIpc) is 2.89. The lowest BCUT2D eigenvalue weighted by atomic mass is 9.75. The standard InChI is InChI=1S/C20H34O2/c1-12(2)10-16-18(20(16,6)7)19(21)22-17-11-14(5)8-9-15(17)13(3)4/h10,13-18H,8-9,11H2,1-7H3. The third kappa shape index (κ3) is 3.58. The van der Waals surface area contributed by atoms with Crippen LogP contribution in [-0.2, 0) is 9.53 Å². The predicted octanol–water partition coefficient (Wildman–Crippen LogP) is 5.23. The summed E-state index contributed by atoms with van der Waals surface area (Å²) in [6, 6.07) is 0. The zero-order chi connectivity index (χ0) is 16.7. The molecule has 2 nitrogen and oxygen atoms in total. The van der Waals surface area contributed by atoms with E-state index in [0.717, 1.165) is 6.42 Å². The molecule has 0 amide bonds. The summed E-state index contributed by atoms with van der Waals surface area (Å²) in [5.74, 6) is 2.23. The maximum Gasteiger partial charge on any atom is 0.310 e. The molecule has 5 atom stereocenters. The Morgan fingerprint density at radius 2 is 1.86 bits per heavy atom. The van der Waals surface area contributed by atoms with Gasteiger partial charge in [0.25, 0.3) is 0 Å². The molecule has 0 aromatic rings. The minimum absolute atomic E-state index is 0.0391. The monoisotopic (exact) mass is 306 g/mol. The maximum atomic E-state index is 12.7. The fourth-order valence-electron chi connectivity index (χ4n) is 4.27. The summed E-state index contributed by atoms with van der Waals surface area (Å²) in [6.07, 6.45) is 5.87. The smallest absolute Gasteiger partial charge is 0.310 e. The molecule has 0 radical (unpaired) electrons. The lowest BCUT2D eigenvalue weighted by Crippen LogP contribution is -2.36. The van der Waals surface area contributed by atoms with Gasteiger partial charge in [-0.3, -0.25) is 4.79 Å². The fraction of sp³-hybridized carbons (Fsp3) is 0.850. The Morgan fingerprint density at radius 3 is 2.41 bits per heavy atom. The highest BCUT2D eigenvalue weighted by Crippen LogP contribution is 2.60. The van der Waals surface area contributed by atoms with Crippen LogP contribution in [0.2, 0.25) is 0 Å². The molecule has 2 rings (SSSR count). The van der Waals surface area contributed by atoms with Crippen molar-refractivity contribution in [1.82, 2.24) is 0 Å². The van der Waals surface area contributed by atoms with Crippen molar-refractivity contribution in [2.45, 2.75) is 73.8 Å². The largest absolute Gasteiger partial charge is 0.462 e. The Labute approximate surface area is 136 Å². The van der Waals surface area contributed by atoms with Crippen LogP contribution in [0.4, 0.5) is 0 Å². The molecule has 0 N–H and O–H groups in total. The van der Waals surface area contributed by atoms with Crippen molar-refractivity contribution >= 4 is 5.97 Å². The second kappa shape index (κ2) is 6.37. The van der Waals surface area contributed by atoms with Crippen molar-refractivity contribution in [2.75, 3.05) is 0 Å². The van der Waals surface area contributed by atoms with Crippen LogP contribution in [0, 0.1) is 35.0 Å². The second-order valence-electron chi connectivity index (χ2n) is 8.87. The first-order valence-electron chi connectivity index (χ1n) is 9.00. The Kier molecular flexibility index (Phi) is 5.09. The van der Waals surface area contributed by atoms with Crippen molar-refractivity contribution in [3.05, 3.63) is 11.6 Å². The van der Waals surface area contributed by atoms with E-state index in [1.807, 2.05) is 0 Å². The van der Waals surface area contributed by atoms with Crippen molar-refractivity contribution in [2.24, 2.45) is 35.0 Å². The molecular formula is C20H34O2. The van der Waals surface area contributed by atoms with Crippen molar-refractivity contribution in [1.29, 1.82) is 0 Å². The summed E-state index contributed by atoms with van der Waals surface area (Å²) in [5.41, 5.74) is 1.35. The van der Waals surface area contributed by atoms with Crippen LogP contribution in [0.1, 0.15) is 67.7 Å². The third-order valence-corrected chi connectivity index (χ3v) is 5.91. The molecule has 2 heteroatoms. The Bertz CT molecular complexity index is 443. The van der Waals surface area contributed by atoms with Crippen LogP contribution in [-0.4, -0.2) is 12.1 Å². The summed E-state index contributed by atoms with van der Waals surface area (Å²) in [6.45, 7) is 15.4. The first-order valence-corrected chi connectivity index (χ1v) is 9.00. The first-order chi connectivity index (χ1) is 10.1. The first kappa shape index (κ1) is 17.6. The van der Waals surface area contributed by atoms with Gasteiger partial charge in [0, 0.05) is 0 Å². The van der Waals surface area contributed by atoms with Crippen LogP contribution in [0.25, 0.3) is 0 Å². The van der Waals surface area contributed by atoms with Gasteiger partial charge in [-0.1, -0.05) is 52.7 Å². The topological polar surface area (TPSA) is 26.3 Å². The highest BCUT2D eigenvalue weighted by atomic mass is 16.5. The Hall–Kier alpha value is -0.790. The average molecular weight is 306 g/mol. The molecule has 0 bridgehead atoms. The van der Waals surface area contributed by atoms with Crippen LogP contribution < -0.4 is 0 Å². The van der Waals surface area contributed by atoms with Gasteiger partial charge >= 0.3 is 5.97 Å². The Balaban J connectivity index is 2.03. The third-order valence-electron chi connectivity index (χ3n) is 5.91. The molecule has 22 heavy (non-hydrogen) atoms. The van der Waals surface area contributed by atoms with Gasteiger partial charge in [0.05, 0.1) is 5.92 Å². The number of rotatable bonds is 4. The van der Waals surface area contributed by atoms with E-state index in [1.54, 1.807) is 0 Å². The zero-order valence-corrected chi connectivity index (χ0v) is 15.5. The van der Waals surface area contributed by atoms with E-state index in [0.29, 0.717) is 23.7 Å². The molecule has 5 unspecified atom stereocenters. The van der Waals surface area contributed by atoms with Crippen molar-refractivity contribution < 1.29 is 9.53 Å². The van der Waals surface area contributed by atoms with E-state index >= 15 is 0 Å². The molecule has 0 aliphatic heterocycles. The van der Waals surface area contributed by atoms with Gasteiger partial charge in [-0.05, 0) is 55.8 Å². The summed E-state index contributed by atoms with van der Waals surface area (Å²) >= 11 is 0. The summed E-state index contributed by atoms with van der Waals surface area (Å²) in [5, 5.41) is 0. The van der Waals surface area contributed by atoms with Crippen molar-refractivity contribution in [3.63, 3.8) is 0 Å². The van der Waals surface area contributed by atoms with Gasteiger partial charge in [0.2, 0.25) is 0 Å². The lowest BCUT2D eigenvalue weighted by molar-refractivity contribution is -0.158. The van der Waals surface area contributed by atoms with Crippen LogP contribution in [0.15, 0.2) is 11.6 Å². The van der Waals surface area contributed by atoms with E-state index in [9.17, 15) is 4.79 Å². The normalized spacial score (nSPS) is 36.8. The van der Waals surface area contributed by atoms with Gasteiger partial charge in [0.1, 0.15) is 6.10 Å². The number of ether oxygens (including phenoxy) is 1. The molecule has 0 spiro atoms. The number of hydrogen-bond acceptors (Lipinski definition) is 2. The second-order valence-corrected chi connectivity index (χ2v) is 8.87. The highest BCUT2D eigenvalue weighted by molar-refractivity contribution is 5.78. The molecule has 0 saturated heterocycles. The van der Waals surface area contributed by atoms with Crippen LogP contribution in [0.5, 0.6) is 0 Å². The van der Waals surface area contributed by atoms with Crippen LogP contribution in [0.3, 0.4) is 0 Å². The van der Waals surface area contributed by atoms with Gasteiger partial charge in [-0.25, -0.2) is 0 Å². The van der Waals surface area contributed by atoms with E-state index in [-0.39, 0.29) is 23.4 Å². The number of esters is 1. The quantitative estimate of drug-likeness (QED) is 0.525. The van der Waals surface area contributed by atoms with Gasteiger partial charge < -0.3 is 4.74 Å². The lowest BCUT2D eigenvalue weighted by Gasteiger charge is -2.36. The minimum atomic E-state index is 0.0391. The summed E-state index contributed by atoms with van der Waals surface area (Å²) in [4.78, 5) is 12.7. The highest BCUT2D eigenvalue weighted by Gasteiger charge is 2.61. The molecule has 0 aromatic heterocycles. The maximum absolute atomic E-state index is 12.7. The van der Waals surface area contributed by atoms with E-state index in [4.69, 9.17) is 4.74 Å². The zero-order valence-electron chi connectivity index (χ0n) is 15.5. The molecule has 126 valence electrons. The fourth-order valence-corrected chi connectivity index (χ4v) is 4.27. The predicted molar refractivity (Wildman–Crippen MR) is 91.4 cm³/mol. The summed E-state index contributed by atoms with van der Waals surface area (Å²) < 4.78 is 6.04. The van der Waals surface area contributed by atoms with Crippen molar-refractivity contribution in [3.8, 4) is 0 Å². The molecule has 2 aliphatic carbocycles. The van der Waals surface area contributed by atoms with Gasteiger partial charge in [-0.2, -0.15) is 0 Å². The SMILES string of the molecule is CC(C)=CC1C(C(=O)OC2CC(C)CCC2C(C)C)C1(C)C. The number of hydrogen-bond donors (Lipinski definition) is 0. The summed E-state index contributed by atoms with van der Waals surface area (Å²) in [7, 11) is 0. The molecular weight excluding hydrogens is 272 g/mol. The van der Waals surface area contributed by atoms with Gasteiger partial charge in [0.15, 0.2) is 0 Å². The molecule has 2 saturated carbocycles. The minimum Gasteiger partial charge on any atom is -0.462 e.